The van der Waals surface area contributed by atoms with Crippen LogP contribution in [0.3, 0.4) is 0 Å². The summed E-state index contributed by atoms with van der Waals surface area (Å²) in [6, 6.07) is 5.38. The van der Waals surface area contributed by atoms with E-state index in [2.05, 4.69) is 4.84 Å². The van der Waals surface area contributed by atoms with E-state index in [4.69, 9.17) is 11.0 Å². The Hall–Kier alpha value is -1.46. The molecule has 3 N–H and O–H groups in total. The first-order valence-corrected chi connectivity index (χ1v) is 4.32. The van der Waals surface area contributed by atoms with Crippen molar-refractivity contribution in [2.24, 2.45) is 5.90 Å². The fraction of sp³-hybridized carbons (Fsp3) is 0.300. The second-order valence-corrected chi connectivity index (χ2v) is 3.46. The van der Waals surface area contributed by atoms with Gasteiger partial charge in [0.15, 0.2) is 0 Å². The normalized spacial score (nSPS) is 14.6. The summed E-state index contributed by atoms with van der Waals surface area (Å²) in [5.74, 6) is 3.27. The van der Waals surface area contributed by atoms with Gasteiger partial charge in [0.25, 0.3) is 0 Å². The average molecular weight is 213 g/mol. The number of rotatable bonds is 4. The van der Waals surface area contributed by atoms with Gasteiger partial charge in [-0.3, -0.25) is 4.79 Å². The van der Waals surface area contributed by atoms with Crippen LogP contribution in [0.4, 0.5) is 4.39 Å². The predicted molar refractivity (Wildman–Crippen MR) is 51.5 cm³/mol. The van der Waals surface area contributed by atoms with Gasteiger partial charge in [-0.1, -0.05) is 12.1 Å². The van der Waals surface area contributed by atoms with Gasteiger partial charge >= 0.3 is 5.97 Å². The highest BCUT2D eigenvalue weighted by Gasteiger charge is 2.35. The van der Waals surface area contributed by atoms with Gasteiger partial charge in [-0.15, -0.1) is 0 Å². The van der Waals surface area contributed by atoms with Crippen LogP contribution in [0.5, 0.6) is 0 Å². The fourth-order valence-electron chi connectivity index (χ4n) is 1.27. The molecule has 1 atom stereocenters. The molecule has 0 aromatic heterocycles. The molecule has 0 heterocycles. The standard InChI is InChI=1S/C10H12FNO3/c1-10(6-15-12,9(13)14)7-3-2-4-8(11)5-7/h2-5H,6,12H2,1H3,(H,13,14). The highest BCUT2D eigenvalue weighted by molar-refractivity contribution is 5.81. The highest BCUT2D eigenvalue weighted by atomic mass is 19.1. The molecule has 15 heavy (non-hydrogen) atoms. The second kappa shape index (κ2) is 4.37. The number of hydrogen-bond donors (Lipinski definition) is 2. The molecule has 0 aliphatic heterocycles. The van der Waals surface area contributed by atoms with Crippen molar-refractivity contribution in [2.45, 2.75) is 12.3 Å². The molecule has 0 radical (unpaired) electrons. The Morgan fingerprint density at radius 3 is 2.80 bits per heavy atom. The lowest BCUT2D eigenvalue weighted by Crippen LogP contribution is -2.38. The number of carboxylic acid groups (broad SMARTS) is 1. The molecule has 4 nitrogen and oxygen atoms in total. The second-order valence-electron chi connectivity index (χ2n) is 3.46. The number of halogens is 1. The zero-order valence-corrected chi connectivity index (χ0v) is 8.24. The molecule has 0 amide bonds. The van der Waals surface area contributed by atoms with E-state index < -0.39 is 17.2 Å². The molecule has 1 aromatic rings. The van der Waals surface area contributed by atoms with E-state index >= 15 is 0 Å². The lowest BCUT2D eigenvalue weighted by atomic mass is 9.83. The van der Waals surface area contributed by atoms with Gasteiger partial charge in [-0.2, -0.15) is 0 Å². The van der Waals surface area contributed by atoms with Crippen LogP contribution in [0.15, 0.2) is 24.3 Å². The van der Waals surface area contributed by atoms with Crippen molar-refractivity contribution >= 4 is 5.97 Å². The smallest absolute Gasteiger partial charge is 0.316 e. The van der Waals surface area contributed by atoms with Crippen molar-refractivity contribution in [3.63, 3.8) is 0 Å². The Morgan fingerprint density at radius 1 is 1.67 bits per heavy atom. The Kier molecular flexibility index (Phi) is 3.39. The van der Waals surface area contributed by atoms with Gasteiger partial charge in [0.1, 0.15) is 11.2 Å². The summed E-state index contributed by atoms with van der Waals surface area (Å²) in [4.78, 5) is 15.4. The molecule has 0 aliphatic carbocycles. The topological polar surface area (TPSA) is 72.5 Å². The van der Waals surface area contributed by atoms with Crippen molar-refractivity contribution in [3.8, 4) is 0 Å². The summed E-state index contributed by atoms with van der Waals surface area (Å²) in [5.41, 5.74) is -1.02. The van der Waals surface area contributed by atoms with Crippen LogP contribution in [0.25, 0.3) is 0 Å². The minimum atomic E-state index is -1.34. The Labute approximate surface area is 86.4 Å². The molecule has 0 saturated heterocycles. The SMILES string of the molecule is CC(CON)(C(=O)O)c1cccc(F)c1. The quantitative estimate of drug-likeness (QED) is 0.733. The fourth-order valence-corrected chi connectivity index (χ4v) is 1.27. The average Bonchev–Trinajstić information content (AvgIpc) is 2.17. The van der Waals surface area contributed by atoms with Crippen molar-refractivity contribution in [2.75, 3.05) is 6.61 Å². The van der Waals surface area contributed by atoms with Crippen LogP contribution in [0.2, 0.25) is 0 Å². The molecule has 0 bridgehead atoms. The Morgan fingerprint density at radius 2 is 2.33 bits per heavy atom. The third kappa shape index (κ3) is 2.31. The van der Waals surface area contributed by atoms with E-state index in [0.717, 1.165) is 6.07 Å². The van der Waals surface area contributed by atoms with Crippen LogP contribution in [0.1, 0.15) is 12.5 Å². The first-order chi connectivity index (χ1) is 7.00. The number of benzene rings is 1. The summed E-state index contributed by atoms with van der Waals surface area (Å²) in [7, 11) is 0. The Bertz CT molecular complexity index is 369. The van der Waals surface area contributed by atoms with Crippen molar-refractivity contribution in [1.82, 2.24) is 0 Å². The van der Waals surface area contributed by atoms with E-state index in [1.807, 2.05) is 0 Å². The molecule has 0 saturated carbocycles. The van der Waals surface area contributed by atoms with Crippen LogP contribution < -0.4 is 5.90 Å². The molecule has 0 aliphatic rings. The summed E-state index contributed by atoms with van der Waals surface area (Å²) in [6.07, 6.45) is 0. The van der Waals surface area contributed by atoms with Crippen LogP contribution >= 0.6 is 0 Å². The molecule has 1 aromatic carbocycles. The maximum Gasteiger partial charge on any atom is 0.316 e. The number of nitrogens with two attached hydrogens (primary N) is 1. The van der Waals surface area contributed by atoms with E-state index in [9.17, 15) is 9.18 Å². The largest absolute Gasteiger partial charge is 0.481 e. The highest BCUT2D eigenvalue weighted by Crippen LogP contribution is 2.24. The van der Waals surface area contributed by atoms with E-state index in [0.29, 0.717) is 5.56 Å². The van der Waals surface area contributed by atoms with Crippen molar-refractivity contribution in [3.05, 3.63) is 35.6 Å². The third-order valence-electron chi connectivity index (χ3n) is 2.31. The molecule has 5 heteroatoms. The number of carboxylic acids is 1. The monoisotopic (exact) mass is 213 g/mol. The van der Waals surface area contributed by atoms with Crippen molar-refractivity contribution in [1.29, 1.82) is 0 Å². The first-order valence-electron chi connectivity index (χ1n) is 4.32. The minimum Gasteiger partial charge on any atom is -0.481 e. The first kappa shape index (κ1) is 11.6. The summed E-state index contributed by atoms with van der Waals surface area (Å²) >= 11 is 0. The molecule has 0 fully saturated rings. The van der Waals surface area contributed by atoms with Gasteiger partial charge in [-0.25, -0.2) is 10.3 Å². The maximum atomic E-state index is 12.9. The van der Waals surface area contributed by atoms with Gasteiger partial charge in [0, 0.05) is 0 Å². The van der Waals surface area contributed by atoms with Crippen LogP contribution in [-0.4, -0.2) is 17.7 Å². The molecular formula is C10H12FNO3. The summed E-state index contributed by atoms with van der Waals surface area (Å²) in [6.45, 7) is 1.21. The molecule has 82 valence electrons. The number of hydrogen-bond acceptors (Lipinski definition) is 3. The summed E-state index contributed by atoms with van der Waals surface area (Å²) < 4.78 is 12.9. The number of aliphatic carboxylic acids is 1. The predicted octanol–water partition coefficient (Wildman–Crippen LogP) is 1.06. The molecular weight excluding hydrogens is 201 g/mol. The van der Waals surface area contributed by atoms with Gasteiger partial charge in [0.2, 0.25) is 0 Å². The van der Waals surface area contributed by atoms with Gasteiger partial charge in [0.05, 0.1) is 6.61 Å². The zero-order valence-electron chi connectivity index (χ0n) is 8.24. The minimum absolute atomic E-state index is 0.216. The van der Waals surface area contributed by atoms with E-state index in [1.54, 1.807) is 0 Å². The lowest BCUT2D eigenvalue weighted by Gasteiger charge is -2.23. The Balaban J connectivity index is 3.15. The zero-order chi connectivity index (χ0) is 11.5. The molecule has 1 unspecified atom stereocenters. The van der Waals surface area contributed by atoms with E-state index in [-0.39, 0.29) is 6.61 Å². The summed E-state index contributed by atoms with van der Waals surface area (Å²) in [5, 5.41) is 9.05. The maximum absolute atomic E-state index is 12.9. The van der Waals surface area contributed by atoms with Crippen molar-refractivity contribution < 1.29 is 19.1 Å². The van der Waals surface area contributed by atoms with E-state index in [1.165, 1.54) is 25.1 Å². The lowest BCUT2D eigenvalue weighted by molar-refractivity contribution is -0.145. The third-order valence-corrected chi connectivity index (χ3v) is 2.31. The van der Waals surface area contributed by atoms with Crippen LogP contribution in [-0.2, 0) is 15.0 Å². The van der Waals surface area contributed by atoms with Gasteiger partial charge in [-0.05, 0) is 24.6 Å². The molecule has 0 spiro atoms. The van der Waals surface area contributed by atoms with Gasteiger partial charge < -0.3 is 9.94 Å². The number of carbonyl (C=O) groups is 1. The van der Waals surface area contributed by atoms with Crippen LogP contribution in [0, 0.1) is 5.82 Å². The molecule has 1 rings (SSSR count).